The molecule has 180 valence electrons. The molecule has 0 bridgehead atoms. The smallest absolute Gasteiger partial charge is 0.300 e. The fraction of sp³-hybridized carbons (Fsp3) is 0.154. The normalized spacial score (nSPS) is 17.1. The van der Waals surface area contributed by atoms with Crippen LogP contribution < -0.4 is 14.4 Å². The van der Waals surface area contributed by atoms with Gasteiger partial charge in [0, 0.05) is 21.8 Å². The Morgan fingerprint density at radius 2 is 1.54 bits per heavy atom. The van der Waals surface area contributed by atoms with Crippen LogP contribution in [0.2, 0.25) is 15.1 Å². The van der Waals surface area contributed by atoms with Gasteiger partial charge in [-0.05, 0) is 42.3 Å². The molecule has 6 nitrogen and oxygen atoms in total. The number of methoxy groups -OCH3 is 2. The second kappa shape index (κ2) is 9.82. The first kappa shape index (κ1) is 24.9. The van der Waals surface area contributed by atoms with Gasteiger partial charge in [-0.25, -0.2) is 0 Å². The van der Waals surface area contributed by atoms with Gasteiger partial charge >= 0.3 is 0 Å². The Labute approximate surface area is 217 Å². The van der Waals surface area contributed by atoms with Crippen molar-refractivity contribution in [3.05, 3.63) is 91.9 Å². The third-order valence-electron chi connectivity index (χ3n) is 5.78. The van der Waals surface area contributed by atoms with Crippen LogP contribution >= 0.6 is 34.8 Å². The van der Waals surface area contributed by atoms with Gasteiger partial charge in [0.2, 0.25) is 0 Å². The van der Waals surface area contributed by atoms with Crippen LogP contribution in [0.4, 0.5) is 5.69 Å². The number of Topliss-reactive ketones (excluding diaryl/α,β-unsaturated/α-hetero) is 1. The first-order valence-electron chi connectivity index (χ1n) is 10.4. The second-order valence-electron chi connectivity index (χ2n) is 7.84. The number of aliphatic hydroxyl groups excluding tert-OH is 1. The van der Waals surface area contributed by atoms with Gasteiger partial charge in [0.1, 0.15) is 17.3 Å². The molecule has 0 aromatic heterocycles. The zero-order chi connectivity index (χ0) is 25.4. The Morgan fingerprint density at radius 1 is 0.914 bits per heavy atom. The fourth-order valence-electron chi connectivity index (χ4n) is 4.16. The number of rotatable bonds is 5. The van der Waals surface area contributed by atoms with E-state index >= 15 is 0 Å². The first-order valence-corrected chi connectivity index (χ1v) is 11.6. The van der Waals surface area contributed by atoms with Gasteiger partial charge in [-0.15, -0.1) is 0 Å². The Morgan fingerprint density at radius 3 is 2.14 bits per heavy atom. The van der Waals surface area contributed by atoms with Crippen LogP contribution in [0.5, 0.6) is 11.5 Å². The molecule has 35 heavy (non-hydrogen) atoms. The van der Waals surface area contributed by atoms with Gasteiger partial charge in [0.15, 0.2) is 0 Å². The molecule has 1 saturated heterocycles. The van der Waals surface area contributed by atoms with E-state index in [0.29, 0.717) is 21.3 Å². The molecule has 0 aliphatic carbocycles. The Bertz CT molecular complexity index is 1370. The fourth-order valence-corrected chi connectivity index (χ4v) is 4.90. The van der Waals surface area contributed by atoms with E-state index in [9.17, 15) is 14.7 Å². The third-order valence-corrected chi connectivity index (χ3v) is 6.51. The number of aliphatic hydroxyl groups is 1. The molecular weight excluding hydrogens is 513 g/mol. The van der Waals surface area contributed by atoms with E-state index in [4.69, 9.17) is 44.3 Å². The van der Waals surface area contributed by atoms with Crippen LogP contribution in [-0.4, -0.2) is 31.0 Å². The third kappa shape index (κ3) is 4.45. The van der Waals surface area contributed by atoms with Crippen molar-refractivity contribution in [3.8, 4) is 11.5 Å². The summed E-state index contributed by atoms with van der Waals surface area (Å²) in [5.74, 6) is -1.67. The number of aryl methyl sites for hydroxylation is 1. The standard InChI is InChI=1S/C26H20Cl3NO5/c1-13-6-4-5-7-17(13)23-22(24(31)18-11-21(35-3)19(29)12-20(18)34-2)25(32)26(33)30(23)16-9-14(27)8-15(28)10-16/h4-12,23,31H,1-3H3/b24-22+. The Hall–Kier alpha value is -3.19. The SMILES string of the molecule is COc1cc(/C(O)=C2\C(=O)C(=O)N(c3cc(Cl)cc(Cl)c3)C2c2ccccc2C)c(OC)cc1Cl. The van der Waals surface area contributed by atoms with Gasteiger partial charge in [-0.3, -0.25) is 14.5 Å². The molecule has 1 heterocycles. The summed E-state index contributed by atoms with van der Waals surface area (Å²) in [5.41, 5.74) is 1.79. The number of hydrogen-bond donors (Lipinski definition) is 1. The number of hydrogen-bond acceptors (Lipinski definition) is 5. The average Bonchev–Trinajstić information content (AvgIpc) is 3.08. The van der Waals surface area contributed by atoms with Gasteiger partial charge in [-0.2, -0.15) is 0 Å². The quantitative estimate of drug-likeness (QED) is 0.228. The van der Waals surface area contributed by atoms with E-state index in [0.717, 1.165) is 5.56 Å². The van der Waals surface area contributed by atoms with E-state index in [1.807, 2.05) is 19.1 Å². The highest BCUT2D eigenvalue weighted by Gasteiger charge is 2.47. The van der Waals surface area contributed by atoms with E-state index in [-0.39, 0.29) is 27.7 Å². The molecule has 1 N–H and O–H groups in total. The number of amides is 1. The van der Waals surface area contributed by atoms with Crippen LogP contribution in [0.15, 0.2) is 60.2 Å². The minimum Gasteiger partial charge on any atom is -0.507 e. The number of ketones is 1. The highest BCUT2D eigenvalue weighted by molar-refractivity contribution is 6.52. The van der Waals surface area contributed by atoms with E-state index in [1.165, 1.54) is 49.5 Å². The average molecular weight is 533 g/mol. The van der Waals surface area contributed by atoms with Crippen LogP contribution in [0.25, 0.3) is 5.76 Å². The monoisotopic (exact) mass is 531 g/mol. The number of halogens is 3. The summed E-state index contributed by atoms with van der Waals surface area (Å²) < 4.78 is 10.7. The Balaban J connectivity index is 2.04. The molecule has 0 saturated carbocycles. The zero-order valence-electron chi connectivity index (χ0n) is 18.9. The van der Waals surface area contributed by atoms with Crippen molar-refractivity contribution in [1.82, 2.24) is 0 Å². The van der Waals surface area contributed by atoms with Crippen molar-refractivity contribution in [1.29, 1.82) is 0 Å². The summed E-state index contributed by atoms with van der Waals surface area (Å²) in [6, 6.07) is 13.8. The minimum atomic E-state index is -0.961. The second-order valence-corrected chi connectivity index (χ2v) is 9.12. The van der Waals surface area contributed by atoms with Gasteiger partial charge in [0.25, 0.3) is 11.7 Å². The minimum absolute atomic E-state index is 0.122. The van der Waals surface area contributed by atoms with E-state index < -0.39 is 23.5 Å². The summed E-state index contributed by atoms with van der Waals surface area (Å²) in [6.45, 7) is 1.85. The predicted molar refractivity (Wildman–Crippen MR) is 137 cm³/mol. The molecular formula is C26H20Cl3NO5. The molecule has 4 rings (SSSR count). The number of ether oxygens (including phenoxy) is 2. The maximum Gasteiger partial charge on any atom is 0.300 e. The first-order chi connectivity index (χ1) is 16.7. The molecule has 0 spiro atoms. The number of anilines is 1. The molecule has 1 unspecified atom stereocenters. The molecule has 1 aliphatic rings. The number of carbonyl (C=O) groups excluding carboxylic acids is 2. The van der Waals surface area contributed by atoms with Crippen LogP contribution in [0.1, 0.15) is 22.7 Å². The molecule has 1 aliphatic heterocycles. The van der Waals surface area contributed by atoms with Crippen molar-refractivity contribution < 1.29 is 24.2 Å². The summed E-state index contributed by atoms with van der Waals surface area (Å²) in [5, 5.41) is 12.3. The summed E-state index contributed by atoms with van der Waals surface area (Å²) in [7, 11) is 2.83. The predicted octanol–water partition coefficient (Wildman–Crippen LogP) is 6.60. The maximum atomic E-state index is 13.4. The lowest BCUT2D eigenvalue weighted by molar-refractivity contribution is -0.132. The van der Waals surface area contributed by atoms with E-state index in [1.54, 1.807) is 12.1 Å². The van der Waals surface area contributed by atoms with Crippen molar-refractivity contribution in [2.75, 3.05) is 19.1 Å². The highest BCUT2D eigenvalue weighted by Crippen LogP contribution is 2.46. The molecule has 1 fully saturated rings. The topological polar surface area (TPSA) is 76.1 Å². The summed E-state index contributed by atoms with van der Waals surface area (Å²) in [6.07, 6.45) is 0. The molecule has 1 amide bonds. The Kier molecular flexibility index (Phi) is 6.99. The van der Waals surface area contributed by atoms with Crippen molar-refractivity contribution >= 4 is 57.9 Å². The molecule has 3 aromatic carbocycles. The molecule has 9 heteroatoms. The van der Waals surface area contributed by atoms with Gasteiger partial charge in [-0.1, -0.05) is 59.1 Å². The van der Waals surface area contributed by atoms with Crippen LogP contribution in [-0.2, 0) is 9.59 Å². The van der Waals surface area contributed by atoms with Crippen LogP contribution in [0, 0.1) is 6.92 Å². The largest absolute Gasteiger partial charge is 0.507 e. The number of nitrogens with zero attached hydrogens (tertiary/aromatic N) is 1. The maximum absolute atomic E-state index is 13.4. The van der Waals surface area contributed by atoms with E-state index in [2.05, 4.69) is 0 Å². The molecule has 3 aromatic rings. The van der Waals surface area contributed by atoms with Crippen LogP contribution in [0.3, 0.4) is 0 Å². The van der Waals surface area contributed by atoms with Crippen molar-refractivity contribution in [2.24, 2.45) is 0 Å². The lowest BCUT2D eigenvalue weighted by Gasteiger charge is -2.27. The lowest BCUT2D eigenvalue weighted by Crippen LogP contribution is -2.29. The van der Waals surface area contributed by atoms with Gasteiger partial charge < -0.3 is 14.6 Å². The van der Waals surface area contributed by atoms with Crippen molar-refractivity contribution in [3.63, 3.8) is 0 Å². The molecule has 1 atom stereocenters. The highest BCUT2D eigenvalue weighted by atomic mass is 35.5. The van der Waals surface area contributed by atoms with Gasteiger partial charge in [0.05, 0.1) is 36.4 Å². The number of benzene rings is 3. The lowest BCUT2D eigenvalue weighted by atomic mass is 9.92. The van der Waals surface area contributed by atoms with Crippen molar-refractivity contribution in [2.45, 2.75) is 13.0 Å². The summed E-state index contributed by atoms with van der Waals surface area (Å²) >= 11 is 18.6. The number of carbonyl (C=O) groups is 2. The zero-order valence-corrected chi connectivity index (χ0v) is 21.2. The molecule has 0 radical (unpaired) electrons. The summed E-state index contributed by atoms with van der Waals surface area (Å²) in [4.78, 5) is 28.1.